The summed E-state index contributed by atoms with van der Waals surface area (Å²) in [7, 11) is 0. The Bertz CT molecular complexity index is 1480. The third-order valence-electron chi connectivity index (χ3n) is 6.57. The molecule has 4 aromatic rings. The molecule has 38 heavy (non-hydrogen) atoms. The number of amides is 1. The van der Waals surface area contributed by atoms with E-state index in [0.29, 0.717) is 42.1 Å². The molecule has 196 valence electrons. The second kappa shape index (κ2) is 10.2. The van der Waals surface area contributed by atoms with Crippen molar-refractivity contribution < 1.29 is 34.1 Å². The topological polar surface area (TPSA) is 145 Å². The number of hydrogen-bond acceptors (Lipinski definition) is 8. The number of oxazole rings is 1. The van der Waals surface area contributed by atoms with Gasteiger partial charge in [-0.15, -0.1) is 0 Å². The van der Waals surface area contributed by atoms with Crippen molar-refractivity contribution in [3.63, 3.8) is 0 Å². The molecule has 0 spiro atoms. The van der Waals surface area contributed by atoms with E-state index in [0.717, 1.165) is 11.3 Å². The number of ether oxygens (including phenoxy) is 1. The molecule has 1 aromatic heterocycles. The Balaban J connectivity index is 1.27. The highest BCUT2D eigenvalue weighted by Gasteiger charge is 2.46. The van der Waals surface area contributed by atoms with Gasteiger partial charge in [0.2, 0.25) is 5.91 Å². The summed E-state index contributed by atoms with van der Waals surface area (Å²) in [6, 6.07) is 17.7. The highest BCUT2D eigenvalue weighted by Crippen LogP contribution is 2.30. The quantitative estimate of drug-likeness (QED) is 0.256. The minimum absolute atomic E-state index is 0.0249. The number of hydrogen-bond donors (Lipinski definition) is 4. The second-order valence-corrected chi connectivity index (χ2v) is 9.27. The van der Waals surface area contributed by atoms with Crippen molar-refractivity contribution in [2.45, 2.75) is 38.2 Å². The van der Waals surface area contributed by atoms with Gasteiger partial charge in [-0.05, 0) is 73.4 Å². The maximum absolute atomic E-state index is 13.2. The number of likely N-dealkylation sites (tertiary alicyclic amines) is 1. The van der Waals surface area contributed by atoms with E-state index >= 15 is 0 Å². The number of carbonyl (C=O) groups excluding carboxylic acids is 1. The van der Waals surface area contributed by atoms with Gasteiger partial charge in [-0.2, -0.15) is 4.98 Å². The highest BCUT2D eigenvalue weighted by molar-refractivity contribution is 5.87. The number of carboxylic acids is 1. The number of aromatic carboxylic acids is 1. The fourth-order valence-electron chi connectivity index (χ4n) is 4.60. The number of aliphatic hydroxyl groups is 2. The molecule has 1 amide bonds. The summed E-state index contributed by atoms with van der Waals surface area (Å²) in [6.45, 7) is 2.33. The van der Waals surface area contributed by atoms with Crippen molar-refractivity contribution >= 4 is 34.7 Å². The lowest BCUT2D eigenvalue weighted by Crippen LogP contribution is -2.55. The number of rotatable bonds is 8. The normalized spacial score (nSPS) is 15.6. The average Bonchev–Trinajstić information content (AvgIpc) is 3.53. The minimum atomic E-state index is -2.65. The zero-order valence-corrected chi connectivity index (χ0v) is 20.6. The van der Waals surface area contributed by atoms with Crippen LogP contribution in [0.3, 0.4) is 0 Å². The second-order valence-electron chi connectivity index (χ2n) is 9.27. The fourth-order valence-corrected chi connectivity index (χ4v) is 4.60. The monoisotopic (exact) mass is 517 g/mol. The molecular weight excluding hydrogens is 490 g/mol. The van der Waals surface area contributed by atoms with E-state index < -0.39 is 18.0 Å². The van der Waals surface area contributed by atoms with Gasteiger partial charge in [0.25, 0.3) is 6.01 Å². The van der Waals surface area contributed by atoms with E-state index in [1.807, 2.05) is 31.2 Å². The van der Waals surface area contributed by atoms with Gasteiger partial charge >= 0.3 is 11.9 Å². The van der Waals surface area contributed by atoms with E-state index in [1.165, 1.54) is 29.2 Å². The predicted molar refractivity (Wildman–Crippen MR) is 138 cm³/mol. The maximum Gasteiger partial charge on any atom is 0.343 e. The van der Waals surface area contributed by atoms with Crippen LogP contribution in [0.5, 0.6) is 5.75 Å². The summed E-state index contributed by atoms with van der Waals surface area (Å²) >= 11 is 0. The van der Waals surface area contributed by atoms with Crippen LogP contribution < -0.4 is 10.1 Å². The third-order valence-corrected chi connectivity index (χ3v) is 6.57. The highest BCUT2D eigenvalue weighted by atomic mass is 16.8. The molecule has 3 aromatic carbocycles. The van der Waals surface area contributed by atoms with Crippen LogP contribution in [0.25, 0.3) is 11.1 Å². The van der Waals surface area contributed by atoms with Crippen molar-refractivity contribution in [1.29, 1.82) is 0 Å². The Morgan fingerprint density at radius 1 is 1.13 bits per heavy atom. The Morgan fingerprint density at radius 2 is 1.89 bits per heavy atom. The van der Waals surface area contributed by atoms with Gasteiger partial charge in [-0.1, -0.05) is 24.3 Å². The summed E-state index contributed by atoms with van der Waals surface area (Å²) in [6.07, 6.45) is 0.938. The van der Waals surface area contributed by atoms with Crippen LogP contribution in [0.2, 0.25) is 0 Å². The molecule has 0 unspecified atom stereocenters. The van der Waals surface area contributed by atoms with Gasteiger partial charge in [0, 0.05) is 12.2 Å². The van der Waals surface area contributed by atoms with Crippen LogP contribution >= 0.6 is 0 Å². The summed E-state index contributed by atoms with van der Waals surface area (Å²) in [4.78, 5) is 30.1. The third kappa shape index (κ3) is 5.31. The molecule has 1 aliphatic rings. The fraction of sp³-hybridized carbons (Fsp3) is 0.250. The van der Waals surface area contributed by atoms with Gasteiger partial charge < -0.3 is 34.7 Å². The van der Waals surface area contributed by atoms with E-state index in [-0.39, 0.29) is 23.6 Å². The standard InChI is InChI=1S/C28H27N3O7/c1-17-5-2-3-6-21(17)29-27-30-22-13-8-18(15-23(22)37-27)16-25(32)31-14-4-7-24(31)28(35,36)38-20-11-9-19(10-12-20)26(33)34/h2-3,5-6,8-13,15,24,35-36H,4,7,14,16H2,1H3,(H,29,30)(H,33,34)/t24-/m1/s1. The number of fused-ring (bicyclic) bond motifs is 1. The van der Waals surface area contributed by atoms with Crippen LogP contribution in [0.4, 0.5) is 11.7 Å². The maximum atomic E-state index is 13.2. The zero-order valence-electron chi connectivity index (χ0n) is 20.6. The smallest absolute Gasteiger partial charge is 0.343 e. The molecular formula is C28H27N3O7. The molecule has 4 N–H and O–H groups in total. The van der Waals surface area contributed by atoms with Crippen molar-refractivity contribution in [2.75, 3.05) is 11.9 Å². The lowest BCUT2D eigenvalue weighted by molar-refractivity contribution is -0.318. The van der Waals surface area contributed by atoms with Gasteiger partial charge in [0.05, 0.1) is 12.0 Å². The molecule has 2 heterocycles. The molecule has 1 saturated heterocycles. The van der Waals surface area contributed by atoms with Crippen LogP contribution in [0.1, 0.15) is 34.3 Å². The first-order valence-electron chi connectivity index (χ1n) is 12.2. The molecule has 0 aliphatic carbocycles. The molecule has 0 bridgehead atoms. The van der Waals surface area contributed by atoms with Crippen LogP contribution in [-0.2, 0) is 11.2 Å². The van der Waals surface area contributed by atoms with E-state index in [4.69, 9.17) is 14.3 Å². The number of nitrogens with zero attached hydrogens (tertiary/aromatic N) is 2. The van der Waals surface area contributed by atoms with E-state index in [2.05, 4.69) is 10.3 Å². The number of aromatic nitrogens is 1. The first kappa shape index (κ1) is 25.2. The number of benzene rings is 3. The van der Waals surface area contributed by atoms with E-state index in [9.17, 15) is 19.8 Å². The SMILES string of the molecule is Cc1ccccc1Nc1nc2ccc(CC(=O)N3CCC[C@@H]3C(O)(O)Oc3ccc(C(=O)O)cc3)cc2o1. The molecule has 0 saturated carbocycles. The van der Waals surface area contributed by atoms with Crippen LogP contribution in [0.15, 0.2) is 71.1 Å². The van der Waals surface area contributed by atoms with Crippen LogP contribution in [-0.4, -0.2) is 55.6 Å². The Kier molecular flexibility index (Phi) is 6.75. The largest absolute Gasteiger partial charge is 0.478 e. The number of carboxylic acid groups (broad SMARTS) is 1. The number of aryl methyl sites for hydroxylation is 1. The molecule has 10 heteroatoms. The number of nitrogens with one attached hydrogen (secondary N) is 1. The molecule has 1 atom stereocenters. The Hall–Kier alpha value is -4.41. The Labute approximate surface area is 218 Å². The van der Waals surface area contributed by atoms with Crippen molar-refractivity contribution in [2.24, 2.45) is 0 Å². The van der Waals surface area contributed by atoms with Gasteiger partial charge in [-0.25, -0.2) is 4.79 Å². The summed E-state index contributed by atoms with van der Waals surface area (Å²) in [5, 5.41) is 33.6. The number of carbonyl (C=O) groups is 2. The lowest BCUT2D eigenvalue weighted by Gasteiger charge is -2.34. The molecule has 1 fully saturated rings. The molecule has 5 rings (SSSR count). The van der Waals surface area contributed by atoms with Crippen molar-refractivity contribution in [3.05, 3.63) is 83.4 Å². The van der Waals surface area contributed by atoms with E-state index in [1.54, 1.807) is 18.2 Å². The lowest BCUT2D eigenvalue weighted by atomic mass is 10.1. The molecule has 1 aliphatic heterocycles. The van der Waals surface area contributed by atoms with Gasteiger partial charge in [0.1, 0.15) is 17.3 Å². The first-order chi connectivity index (χ1) is 18.2. The molecule has 0 radical (unpaired) electrons. The van der Waals surface area contributed by atoms with Crippen molar-refractivity contribution in [1.82, 2.24) is 9.88 Å². The predicted octanol–water partition coefficient (Wildman–Crippen LogP) is 3.83. The minimum Gasteiger partial charge on any atom is -0.478 e. The van der Waals surface area contributed by atoms with Gasteiger partial charge in [0.15, 0.2) is 5.58 Å². The average molecular weight is 518 g/mol. The summed E-state index contributed by atoms with van der Waals surface area (Å²) in [5.41, 5.74) is 3.83. The summed E-state index contributed by atoms with van der Waals surface area (Å²) < 4.78 is 11.2. The molecule has 10 nitrogen and oxygen atoms in total. The Morgan fingerprint density at radius 3 is 2.63 bits per heavy atom. The zero-order chi connectivity index (χ0) is 26.9. The number of para-hydroxylation sites is 1. The number of anilines is 2. The first-order valence-corrected chi connectivity index (χ1v) is 12.2. The van der Waals surface area contributed by atoms with Crippen LogP contribution in [0, 0.1) is 6.92 Å². The van der Waals surface area contributed by atoms with Crippen molar-refractivity contribution in [3.8, 4) is 5.75 Å². The van der Waals surface area contributed by atoms with Gasteiger partial charge in [-0.3, -0.25) is 4.79 Å². The summed E-state index contributed by atoms with van der Waals surface area (Å²) in [5.74, 6) is -3.97.